The molecule has 0 radical (unpaired) electrons. The summed E-state index contributed by atoms with van der Waals surface area (Å²) in [6, 6.07) is 10.7. The lowest BCUT2D eigenvalue weighted by Gasteiger charge is -2.20. The number of hydrogen-bond acceptors (Lipinski definition) is 2. The molecule has 0 aliphatic heterocycles. The minimum atomic E-state index is 0.201. The predicted octanol–water partition coefficient (Wildman–Crippen LogP) is 5.56. The van der Waals surface area contributed by atoms with E-state index in [4.69, 9.17) is 11.6 Å². The van der Waals surface area contributed by atoms with Crippen molar-refractivity contribution in [2.75, 3.05) is 6.54 Å². The van der Waals surface area contributed by atoms with Crippen molar-refractivity contribution in [3.05, 3.63) is 55.1 Å². The summed E-state index contributed by atoms with van der Waals surface area (Å²) in [5.74, 6) is 0. The summed E-state index contributed by atoms with van der Waals surface area (Å²) in [4.78, 5) is 1.25. The Balaban J connectivity index is 2.39. The van der Waals surface area contributed by atoms with Crippen LogP contribution in [0, 0.1) is 6.92 Å². The number of hydrogen-bond donors (Lipinski definition) is 1. The molecule has 1 heterocycles. The van der Waals surface area contributed by atoms with Crippen LogP contribution in [0.25, 0.3) is 0 Å². The largest absolute Gasteiger partial charge is 0.306 e. The minimum Gasteiger partial charge on any atom is -0.306 e. The lowest BCUT2D eigenvalue weighted by atomic mass is 10.0. The third-order valence-corrected chi connectivity index (χ3v) is 5.39. The number of aryl methyl sites for hydroxylation is 1. The van der Waals surface area contributed by atoms with Gasteiger partial charge in [0.1, 0.15) is 0 Å². The number of benzene rings is 1. The van der Waals surface area contributed by atoms with Crippen LogP contribution in [0.5, 0.6) is 0 Å². The fraction of sp³-hybridized carbons (Fsp3) is 0.333. The molecule has 0 aliphatic carbocycles. The highest BCUT2D eigenvalue weighted by Crippen LogP contribution is 2.35. The van der Waals surface area contributed by atoms with Crippen molar-refractivity contribution in [1.82, 2.24) is 5.32 Å². The zero-order valence-corrected chi connectivity index (χ0v) is 14.2. The monoisotopic (exact) mass is 357 g/mol. The van der Waals surface area contributed by atoms with Gasteiger partial charge in [-0.05, 0) is 43.1 Å². The van der Waals surface area contributed by atoms with Crippen molar-refractivity contribution in [1.29, 1.82) is 0 Å². The molecule has 1 nitrogen and oxygen atoms in total. The van der Waals surface area contributed by atoms with Gasteiger partial charge >= 0.3 is 0 Å². The van der Waals surface area contributed by atoms with Crippen LogP contribution in [-0.4, -0.2) is 6.54 Å². The Morgan fingerprint density at radius 3 is 2.74 bits per heavy atom. The van der Waals surface area contributed by atoms with Crippen molar-refractivity contribution in [3.63, 3.8) is 0 Å². The standard InChI is InChI=1S/C15H17BrClNS/c1-3-9-18-15(12-7-8-13(17)19-12)11-6-4-5-10(2)14(11)16/h4-8,15,18H,3,9H2,1-2H3. The van der Waals surface area contributed by atoms with E-state index in [-0.39, 0.29) is 6.04 Å². The van der Waals surface area contributed by atoms with Crippen LogP contribution in [0.4, 0.5) is 0 Å². The summed E-state index contributed by atoms with van der Waals surface area (Å²) in [7, 11) is 0. The Kier molecular flexibility index (Phi) is 5.46. The first-order chi connectivity index (χ1) is 9.13. The van der Waals surface area contributed by atoms with Gasteiger partial charge in [0, 0.05) is 9.35 Å². The second-order valence-electron chi connectivity index (χ2n) is 4.51. The predicted molar refractivity (Wildman–Crippen MR) is 88.3 cm³/mol. The van der Waals surface area contributed by atoms with Gasteiger partial charge in [0.05, 0.1) is 10.4 Å². The molecule has 1 aromatic heterocycles. The Labute approximate surface area is 132 Å². The van der Waals surface area contributed by atoms with Gasteiger partial charge in [-0.2, -0.15) is 0 Å². The molecule has 4 heteroatoms. The summed E-state index contributed by atoms with van der Waals surface area (Å²) in [5.41, 5.74) is 2.52. The van der Waals surface area contributed by atoms with Gasteiger partial charge in [-0.3, -0.25) is 0 Å². The molecule has 2 rings (SSSR count). The van der Waals surface area contributed by atoms with Crippen molar-refractivity contribution in [2.45, 2.75) is 26.3 Å². The maximum Gasteiger partial charge on any atom is 0.0931 e. The zero-order chi connectivity index (χ0) is 13.8. The third-order valence-electron chi connectivity index (χ3n) is 3.01. The molecular weight excluding hydrogens is 342 g/mol. The first kappa shape index (κ1) is 15.0. The Hall–Kier alpha value is -0.350. The van der Waals surface area contributed by atoms with Crippen molar-refractivity contribution >= 4 is 38.9 Å². The molecule has 0 bridgehead atoms. The van der Waals surface area contributed by atoms with Crippen LogP contribution >= 0.6 is 38.9 Å². The van der Waals surface area contributed by atoms with Crippen LogP contribution in [-0.2, 0) is 0 Å². The highest BCUT2D eigenvalue weighted by molar-refractivity contribution is 9.10. The topological polar surface area (TPSA) is 12.0 Å². The van der Waals surface area contributed by atoms with E-state index < -0.39 is 0 Å². The Morgan fingerprint density at radius 2 is 2.11 bits per heavy atom. The second kappa shape index (κ2) is 6.89. The highest BCUT2D eigenvalue weighted by Gasteiger charge is 2.18. The van der Waals surface area contributed by atoms with Crippen LogP contribution in [0.15, 0.2) is 34.8 Å². The summed E-state index contributed by atoms with van der Waals surface area (Å²) < 4.78 is 2.01. The lowest BCUT2D eigenvalue weighted by molar-refractivity contribution is 0.604. The van der Waals surface area contributed by atoms with Crippen LogP contribution < -0.4 is 5.32 Å². The van der Waals surface area contributed by atoms with E-state index in [1.807, 2.05) is 6.07 Å². The number of rotatable bonds is 5. The molecule has 0 amide bonds. The Bertz CT molecular complexity index is 553. The molecule has 0 saturated carbocycles. The summed E-state index contributed by atoms with van der Waals surface area (Å²) in [6.45, 7) is 5.28. The molecule has 19 heavy (non-hydrogen) atoms. The maximum absolute atomic E-state index is 6.08. The van der Waals surface area contributed by atoms with Crippen molar-refractivity contribution in [2.24, 2.45) is 0 Å². The number of nitrogens with one attached hydrogen (secondary N) is 1. The van der Waals surface area contributed by atoms with Crippen molar-refractivity contribution in [3.8, 4) is 0 Å². The zero-order valence-electron chi connectivity index (χ0n) is 11.0. The van der Waals surface area contributed by atoms with E-state index in [0.717, 1.165) is 17.3 Å². The average molecular weight is 359 g/mol. The molecule has 1 atom stereocenters. The van der Waals surface area contributed by atoms with Gasteiger partial charge in [-0.1, -0.05) is 52.7 Å². The molecule has 0 aliphatic rings. The molecule has 0 fully saturated rings. The van der Waals surface area contributed by atoms with Crippen molar-refractivity contribution < 1.29 is 0 Å². The van der Waals surface area contributed by atoms with E-state index in [9.17, 15) is 0 Å². The molecular formula is C15H17BrClNS. The third kappa shape index (κ3) is 3.60. The van der Waals surface area contributed by atoms with Gasteiger partial charge in [0.2, 0.25) is 0 Å². The lowest BCUT2D eigenvalue weighted by Crippen LogP contribution is -2.22. The molecule has 102 valence electrons. The van der Waals surface area contributed by atoms with Gasteiger partial charge < -0.3 is 5.32 Å². The SMILES string of the molecule is CCCNC(c1ccc(Cl)s1)c1cccc(C)c1Br. The van der Waals surface area contributed by atoms with E-state index in [2.05, 4.69) is 59.4 Å². The molecule has 1 N–H and O–H groups in total. The van der Waals surface area contributed by atoms with E-state index in [0.29, 0.717) is 0 Å². The fourth-order valence-electron chi connectivity index (χ4n) is 2.03. The summed E-state index contributed by atoms with van der Waals surface area (Å²) in [5, 5.41) is 3.61. The summed E-state index contributed by atoms with van der Waals surface area (Å²) in [6.07, 6.45) is 1.11. The minimum absolute atomic E-state index is 0.201. The first-order valence-electron chi connectivity index (χ1n) is 6.37. The van der Waals surface area contributed by atoms with Gasteiger partial charge in [-0.25, -0.2) is 0 Å². The normalized spacial score (nSPS) is 12.6. The molecule has 2 aromatic rings. The summed E-state index contributed by atoms with van der Waals surface area (Å²) >= 11 is 11.4. The molecule has 1 aromatic carbocycles. The van der Waals surface area contributed by atoms with Gasteiger partial charge in [-0.15, -0.1) is 11.3 Å². The first-order valence-corrected chi connectivity index (χ1v) is 8.36. The van der Waals surface area contributed by atoms with Crippen LogP contribution in [0.2, 0.25) is 4.34 Å². The van der Waals surface area contributed by atoms with E-state index in [1.54, 1.807) is 11.3 Å². The van der Waals surface area contributed by atoms with E-state index >= 15 is 0 Å². The number of thiophene rings is 1. The maximum atomic E-state index is 6.08. The molecule has 1 unspecified atom stereocenters. The van der Waals surface area contributed by atoms with E-state index in [1.165, 1.54) is 20.5 Å². The van der Waals surface area contributed by atoms with Gasteiger partial charge in [0.25, 0.3) is 0 Å². The number of halogens is 2. The Morgan fingerprint density at radius 1 is 1.32 bits per heavy atom. The molecule has 0 spiro atoms. The highest BCUT2D eigenvalue weighted by atomic mass is 79.9. The quantitative estimate of drug-likeness (QED) is 0.737. The fourth-order valence-corrected chi connectivity index (χ4v) is 3.68. The van der Waals surface area contributed by atoms with Crippen LogP contribution in [0.1, 0.15) is 35.4 Å². The molecule has 0 saturated heterocycles. The smallest absolute Gasteiger partial charge is 0.0931 e. The van der Waals surface area contributed by atoms with Crippen LogP contribution in [0.3, 0.4) is 0 Å². The average Bonchev–Trinajstić information content (AvgIpc) is 2.81. The second-order valence-corrected chi connectivity index (χ2v) is 7.05. The van der Waals surface area contributed by atoms with Gasteiger partial charge in [0.15, 0.2) is 0 Å².